The van der Waals surface area contributed by atoms with E-state index in [9.17, 15) is 19.1 Å². The fourth-order valence-electron chi connectivity index (χ4n) is 2.07. The summed E-state index contributed by atoms with van der Waals surface area (Å²) in [4.78, 5) is 23.3. The number of aliphatic carboxylic acids is 1. The number of nitrogens with one attached hydrogen (secondary N) is 1. The van der Waals surface area contributed by atoms with E-state index in [1.807, 2.05) is 0 Å². The monoisotopic (exact) mass is 339 g/mol. The summed E-state index contributed by atoms with van der Waals surface area (Å²) < 4.78 is 15.1. The first-order valence-electron chi connectivity index (χ1n) is 6.81. The van der Waals surface area contributed by atoms with E-state index in [4.69, 9.17) is 11.6 Å². The van der Waals surface area contributed by atoms with E-state index >= 15 is 0 Å². The minimum absolute atomic E-state index is 0.103. The van der Waals surface area contributed by atoms with Crippen molar-refractivity contribution >= 4 is 23.5 Å². The van der Waals surface area contributed by atoms with E-state index in [1.54, 1.807) is 24.1 Å². The predicted octanol–water partition coefficient (Wildman–Crippen LogP) is 2.09. The number of aryl methyl sites for hydroxylation is 2. The van der Waals surface area contributed by atoms with Crippen molar-refractivity contribution in [1.29, 1.82) is 0 Å². The van der Waals surface area contributed by atoms with E-state index in [0.717, 1.165) is 11.6 Å². The van der Waals surface area contributed by atoms with Crippen LogP contribution in [0.15, 0.2) is 30.6 Å². The van der Waals surface area contributed by atoms with Gasteiger partial charge in [-0.1, -0.05) is 17.7 Å². The number of nitrogens with zero attached hydrogens (tertiary/aromatic N) is 2. The van der Waals surface area contributed by atoms with Crippen LogP contribution in [0.2, 0.25) is 5.02 Å². The molecule has 1 heterocycles. The van der Waals surface area contributed by atoms with Gasteiger partial charge in [0.05, 0.1) is 11.2 Å². The van der Waals surface area contributed by atoms with Crippen molar-refractivity contribution in [2.75, 3.05) is 0 Å². The topological polar surface area (TPSA) is 84.2 Å². The van der Waals surface area contributed by atoms with Crippen LogP contribution in [0, 0.1) is 5.82 Å². The zero-order valence-electron chi connectivity index (χ0n) is 12.3. The first-order chi connectivity index (χ1) is 10.9. The average molecular weight is 340 g/mol. The van der Waals surface area contributed by atoms with Crippen LogP contribution in [0.4, 0.5) is 4.39 Å². The summed E-state index contributed by atoms with van der Waals surface area (Å²) in [6.07, 6.45) is 3.94. The number of rotatable bonds is 6. The van der Waals surface area contributed by atoms with Gasteiger partial charge in [0, 0.05) is 19.7 Å². The second kappa shape index (κ2) is 7.23. The Kier molecular flexibility index (Phi) is 5.33. The third kappa shape index (κ3) is 4.53. The van der Waals surface area contributed by atoms with Crippen molar-refractivity contribution in [2.24, 2.45) is 7.05 Å². The molecule has 1 aromatic heterocycles. The molecule has 0 spiro atoms. The summed E-state index contributed by atoms with van der Waals surface area (Å²) >= 11 is 5.57. The number of carboxylic acids is 1. The average Bonchev–Trinajstić information content (AvgIpc) is 2.91. The molecule has 0 bridgehead atoms. The van der Waals surface area contributed by atoms with Gasteiger partial charge >= 0.3 is 5.97 Å². The normalized spacial score (nSPS) is 12.0. The molecule has 0 saturated heterocycles. The number of amides is 1. The van der Waals surface area contributed by atoms with Gasteiger partial charge in [-0.05, 0) is 29.7 Å². The van der Waals surface area contributed by atoms with E-state index < -0.39 is 23.7 Å². The van der Waals surface area contributed by atoms with Crippen molar-refractivity contribution in [3.8, 4) is 0 Å². The fraction of sp³-hybridized carbons (Fsp3) is 0.267. The number of aromatic nitrogens is 2. The van der Waals surface area contributed by atoms with Crippen LogP contribution < -0.4 is 5.32 Å². The fourth-order valence-corrected chi connectivity index (χ4v) is 2.19. The standard InChI is InChI=1S/C15H15ClFN3O3/c1-20-8-9(7-18-20)2-5-13(21)19-14(15(22)23)10-3-4-11(16)12(17)6-10/h3-4,6-8,14H,2,5H2,1H3,(H,19,21)(H,22,23)/t14-/m0/s1. The Morgan fingerprint density at radius 2 is 2.22 bits per heavy atom. The van der Waals surface area contributed by atoms with Crippen molar-refractivity contribution in [1.82, 2.24) is 15.1 Å². The molecule has 0 radical (unpaired) electrons. The molecule has 0 aliphatic heterocycles. The van der Waals surface area contributed by atoms with E-state index in [0.29, 0.717) is 6.42 Å². The van der Waals surface area contributed by atoms with Gasteiger partial charge in [0.1, 0.15) is 5.82 Å². The van der Waals surface area contributed by atoms with Gasteiger partial charge in [-0.3, -0.25) is 9.48 Å². The number of carbonyl (C=O) groups is 2. The Balaban J connectivity index is 2.02. The minimum Gasteiger partial charge on any atom is -0.479 e. The quantitative estimate of drug-likeness (QED) is 0.844. The first-order valence-corrected chi connectivity index (χ1v) is 7.19. The molecule has 1 aromatic carbocycles. The largest absolute Gasteiger partial charge is 0.479 e. The second-order valence-corrected chi connectivity index (χ2v) is 5.44. The molecular formula is C15H15ClFN3O3. The molecule has 0 fully saturated rings. The van der Waals surface area contributed by atoms with Crippen LogP contribution in [0.3, 0.4) is 0 Å². The molecule has 8 heteroatoms. The molecule has 0 unspecified atom stereocenters. The number of benzene rings is 1. The van der Waals surface area contributed by atoms with Crippen LogP contribution in [-0.2, 0) is 23.1 Å². The predicted molar refractivity (Wildman–Crippen MR) is 81.5 cm³/mol. The second-order valence-electron chi connectivity index (χ2n) is 5.03. The maximum atomic E-state index is 13.5. The Morgan fingerprint density at radius 3 is 2.78 bits per heavy atom. The Labute approximate surface area is 136 Å². The maximum Gasteiger partial charge on any atom is 0.330 e. The number of hydrogen-bond donors (Lipinski definition) is 2. The number of carboxylic acid groups (broad SMARTS) is 1. The zero-order valence-corrected chi connectivity index (χ0v) is 13.0. The number of halogens is 2. The van der Waals surface area contributed by atoms with Gasteiger partial charge in [-0.2, -0.15) is 5.10 Å². The van der Waals surface area contributed by atoms with E-state index in [1.165, 1.54) is 12.1 Å². The van der Waals surface area contributed by atoms with Gasteiger partial charge in [-0.15, -0.1) is 0 Å². The van der Waals surface area contributed by atoms with Crippen molar-refractivity contribution in [3.05, 3.63) is 52.6 Å². The summed E-state index contributed by atoms with van der Waals surface area (Å²) in [5.74, 6) is -2.46. The minimum atomic E-state index is -1.33. The van der Waals surface area contributed by atoms with E-state index in [-0.39, 0.29) is 17.0 Å². The third-order valence-corrected chi connectivity index (χ3v) is 3.53. The molecule has 1 amide bonds. The Bertz CT molecular complexity index is 733. The maximum absolute atomic E-state index is 13.5. The number of carbonyl (C=O) groups excluding carboxylic acids is 1. The molecule has 0 saturated carbocycles. The molecular weight excluding hydrogens is 325 g/mol. The van der Waals surface area contributed by atoms with Gasteiger partial charge < -0.3 is 10.4 Å². The highest BCUT2D eigenvalue weighted by atomic mass is 35.5. The van der Waals surface area contributed by atoms with Crippen molar-refractivity contribution < 1.29 is 19.1 Å². The lowest BCUT2D eigenvalue weighted by Crippen LogP contribution is -2.33. The molecule has 122 valence electrons. The summed E-state index contributed by atoms with van der Waals surface area (Å²) in [5, 5.41) is 15.5. The smallest absolute Gasteiger partial charge is 0.330 e. The van der Waals surface area contributed by atoms with Crippen LogP contribution in [-0.4, -0.2) is 26.8 Å². The molecule has 2 aromatic rings. The lowest BCUT2D eigenvalue weighted by atomic mass is 10.1. The highest BCUT2D eigenvalue weighted by molar-refractivity contribution is 6.30. The summed E-state index contributed by atoms with van der Waals surface area (Å²) in [7, 11) is 1.76. The SMILES string of the molecule is Cn1cc(CCC(=O)N[C@H](C(=O)O)c2ccc(Cl)c(F)c2)cn1. The lowest BCUT2D eigenvalue weighted by Gasteiger charge is -2.15. The van der Waals surface area contributed by atoms with Gasteiger partial charge in [0.25, 0.3) is 0 Å². The molecule has 0 aliphatic carbocycles. The molecule has 2 N–H and O–H groups in total. The van der Waals surface area contributed by atoms with Gasteiger partial charge in [-0.25, -0.2) is 9.18 Å². The highest BCUT2D eigenvalue weighted by Gasteiger charge is 2.23. The summed E-state index contributed by atoms with van der Waals surface area (Å²) in [5.41, 5.74) is 0.987. The highest BCUT2D eigenvalue weighted by Crippen LogP contribution is 2.20. The molecule has 6 nitrogen and oxygen atoms in total. The summed E-state index contributed by atoms with van der Waals surface area (Å²) in [6.45, 7) is 0. The first kappa shape index (κ1) is 17.0. The molecule has 0 aliphatic rings. The van der Waals surface area contributed by atoms with E-state index in [2.05, 4.69) is 10.4 Å². The van der Waals surface area contributed by atoms with Crippen LogP contribution in [0.1, 0.15) is 23.6 Å². The molecule has 1 atom stereocenters. The van der Waals surface area contributed by atoms with Crippen LogP contribution in [0.25, 0.3) is 0 Å². The third-order valence-electron chi connectivity index (χ3n) is 3.23. The van der Waals surface area contributed by atoms with Crippen molar-refractivity contribution in [3.63, 3.8) is 0 Å². The van der Waals surface area contributed by atoms with Crippen LogP contribution >= 0.6 is 11.6 Å². The van der Waals surface area contributed by atoms with Crippen molar-refractivity contribution in [2.45, 2.75) is 18.9 Å². The number of hydrogen-bond acceptors (Lipinski definition) is 3. The van der Waals surface area contributed by atoms with Gasteiger partial charge in [0.15, 0.2) is 6.04 Å². The van der Waals surface area contributed by atoms with Crippen LogP contribution in [0.5, 0.6) is 0 Å². The van der Waals surface area contributed by atoms with Gasteiger partial charge in [0.2, 0.25) is 5.91 Å². The summed E-state index contributed by atoms with van der Waals surface area (Å²) in [6, 6.07) is 2.29. The lowest BCUT2D eigenvalue weighted by molar-refractivity contribution is -0.142. The molecule has 23 heavy (non-hydrogen) atoms. The zero-order chi connectivity index (χ0) is 17.0. The molecule has 2 rings (SSSR count). The Morgan fingerprint density at radius 1 is 1.48 bits per heavy atom. The Hall–Kier alpha value is -2.41.